The molecule has 0 saturated heterocycles. The average Bonchev–Trinajstić information content (AvgIpc) is 2.29. The van der Waals surface area contributed by atoms with Gasteiger partial charge in [-0.15, -0.1) is 0 Å². The minimum absolute atomic E-state index is 0.179. The second-order valence-corrected chi connectivity index (χ2v) is 3.30. The van der Waals surface area contributed by atoms with Gasteiger partial charge < -0.3 is 9.47 Å². The molecule has 0 fully saturated rings. The number of hydrogen-bond acceptors (Lipinski definition) is 2. The highest BCUT2D eigenvalue weighted by Crippen LogP contribution is 2.22. The van der Waals surface area contributed by atoms with E-state index >= 15 is 0 Å². The fourth-order valence-electron chi connectivity index (χ4n) is 1.47. The Bertz CT molecular complexity index is 286. The maximum absolute atomic E-state index is 5.40. The summed E-state index contributed by atoms with van der Waals surface area (Å²) < 4.78 is 10.7. The molecule has 1 unspecified atom stereocenters. The third-order valence-electron chi connectivity index (χ3n) is 2.28. The number of benzene rings is 1. The van der Waals surface area contributed by atoms with Crippen molar-refractivity contribution >= 4 is 0 Å². The Morgan fingerprint density at radius 2 is 2.00 bits per heavy atom. The molecule has 2 nitrogen and oxygen atoms in total. The van der Waals surface area contributed by atoms with E-state index in [-0.39, 0.29) is 6.10 Å². The molecular formula is C13H18O2. The zero-order valence-corrected chi connectivity index (χ0v) is 9.40. The van der Waals surface area contributed by atoms with Gasteiger partial charge in [0, 0.05) is 7.11 Å². The van der Waals surface area contributed by atoms with Crippen LogP contribution >= 0.6 is 0 Å². The van der Waals surface area contributed by atoms with Crippen molar-refractivity contribution in [2.45, 2.75) is 19.4 Å². The minimum Gasteiger partial charge on any atom is -0.490 e. The molecule has 0 aliphatic rings. The van der Waals surface area contributed by atoms with Gasteiger partial charge in [-0.25, -0.2) is 0 Å². The molecule has 1 rings (SSSR count). The molecule has 15 heavy (non-hydrogen) atoms. The molecule has 0 radical (unpaired) electrons. The Balaban J connectivity index is 2.66. The van der Waals surface area contributed by atoms with Crippen molar-refractivity contribution in [3.63, 3.8) is 0 Å². The van der Waals surface area contributed by atoms with Crippen LogP contribution in [0.5, 0.6) is 5.75 Å². The lowest BCUT2D eigenvalue weighted by Gasteiger charge is -2.13. The van der Waals surface area contributed by atoms with Crippen LogP contribution in [-0.4, -0.2) is 13.7 Å². The highest BCUT2D eigenvalue weighted by Gasteiger charge is 2.06. The van der Waals surface area contributed by atoms with Crippen LogP contribution in [0.25, 0.3) is 0 Å². The summed E-state index contributed by atoms with van der Waals surface area (Å²) in [4.78, 5) is 0. The SMILES string of the molecule is C=CCOc1ccc(C(CC)OC)cc1. The molecule has 0 saturated carbocycles. The van der Waals surface area contributed by atoms with E-state index in [1.165, 1.54) is 5.56 Å². The number of rotatable bonds is 6. The van der Waals surface area contributed by atoms with Crippen molar-refractivity contribution in [2.75, 3.05) is 13.7 Å². The van der Waals surface area contributed by atoms with Crippen LogP contribution in [0.3, 0.4) is 0 Å². The van der Waals surface area contributed by atoms with Gasteiger partial charge in [0.1, 0.15) is 12.4 Å². The highest BCUT2D eigenvalue weighted by molar-refractivity contribution is 5.28. The minimum atomic E-state index is 0.179. The van der Waals surface area contributed by atoms with Crippen molar-refractivity contribution in [1.29, 1.82) is 0 Å². The molecule has 82 valence electrons. The Morgan fingerprint density at radius 3 is 2.47 bits per heavy atom. The monoisotopic (exact) mass is 206 g/mol. The smallest absolute Gasteiger partial charge is 0.119 e. The second-order valence-electron chi connectivity index (χ2n) is 3.30. The van der Waals surface area contributed by atoms with Gasteiger partial charge in [-0.05, 0) is 24.1 Å². The highest BCUT2D eigenvalue weighted by atomic mass is 16.5. The summed E-state index contributed by atoms with van der Waals surface area (Å²) in [5.74, 6) is 0.865. The number of hydrogen-bond donors (Lipinski definition) is 0. The van der Waals surface area contributed by atoms with E-state index in [0.717, 1.165) is 12.2 Å². The van der Waals surface area contributed by atoms with Crippen molar-refractivity contribution < 1.29 is 9.47 Å². The van der Waals surface area contributed by atoms with E-state index in [0.29, 0.717) is 6.61 Å². The summed E-state index contributed by atoms with van der Waals surface area (Å²) in [5, 5.41) is 0. The van der Waals surface area contributed by atoms with Crippen LogP contribution in [-0.2, 0) is 4.74 Å². The van der Waals surface area contributed by atoms with E-state index in [9.17, 15) is 0 Å². The zero-order chi connectivity index (χ0) is 11.1. The first-order valence-electron chi connectivity index (χ1n) is 5.18. The van der Waals surface area contributed by atoms with Gasteiger partial charge in [0.15, 0.2) is 0 Å². The summed E-state index contributed by atoms with van der Waals surface area (Å²) in [6.07, 6.45) is 2.89. The van der Waals surface area contributed by atoms with Crippen molar-refractivity contribution in [3.8, 4) is 5.75 Å². The van der Waals surface area contributed by atoms with Crippen LogP contribution < -0.4 is 4.74 Å². The first-order chi connectivity index (χ1) is 7.31. The molecule has 0 spiro atoms. The molecular weight excluding hydrogens is 188 g/mol. The summed E-state index contributed by atoms with van der Waals surface area (Å²) in [7, 11) is 1.73. The quantitative estimate of drug-likeness (QED) is 0.664. The van der Waals surface area contributed by atoms with E-state index < -0.39 is 0 Å². The fourth-order valence-corrected chi connectivity index (χ4v) is 1.47. The Labute approximate surface area is 91.5 Å². The molecule has 1 atom stereocenters. The van der Waals surface area contributed by atoms with E-state index in [1.54, 1.807) is 13.2 Å². The molecule has 0 amide bonds. The third kappa shape index (κ3) is 3.40. The van der Waals surface area contributed by atoms with Gasteiger partial charge in [0.05, 0.1) is 6.10 Å². The maximum atomic E-state index is 5.40. The Morgan fingerprint density at radius 1 is 1.33 bits per heavy atom. The van der Waals surface area contributed by atoms with E-state index in [4.69, 9.17) is 9.47 Å². The van der Waals surface area contributed by atoms with E-state index in [1.807, 2.05) is 24.3 Å². The third-order valence-corrected chi connectivity index (χ3v) is 2.28. The predicted octanol–water partition coefficient (Wildman–Crippen LogP) is 3.35. The lowest BCUT2D eigenvalue weighted by atomic mass is 10.1. The lowest BCUT2D eigenvalue weighted by Crippen LogP contribution is -1.99. The molecule has 0 heterocycles. The average molecular weight is 206 g/mol. The predicted molar refractivity (Wildman–Crippen MR) is 62.2 cm³/mol. The summed E-state index contributed by atoms with van der Waals surface area (Å²) in [6, 6.07) is 7.99. The van der Waals surface area contributed by atoms with Crippen molar-refractivity contribution in [1.82, 2.24) is 0 Å². The first kappa shape index (κ1) is 11.8. The number of methoxy groups -OCH3 is 1. The second kappa shape index (κ2) is 6.25. The van der Waals surface area contributed by atoms with Crippen LogP contribution in [0.4, 0.5) is 0 Å². The normalized spacial score (nSPS) is 12.1. The van der Waals surface area contributed by atoms with Crippen LogP contribution in [0.1, 0.15) is 25.0 Å². The molecule has 0 aliphatic carbocycles. The van der Waals surface area contributed by atoms with Gasteiger partial charge in [0.25, 0.3) is 0 Å². The van der Waals surface area contributed by atoms with E-state index in [2.05, 4.69) is 13.5 Å². The molecule has 2 heteroatoms. The van der Waals surface area contributed by atoms with Gasteiger partial charge >= 0.3 is 0 Å². The van der Waals surface area contributed by atoms with Gasteiger partial charge in [-0.1, -0.05) is 31.7 Å². The van der Waals surface area contributed by atoms with Crippen LogP contribution in [0.2, 0.25) is 0 Å². The first-order valence-corrected chi connectivity index (χ1v) is 5.18. The zero-order valence-electron chi connectivity index (χ0n) is 9.40. The van der Waals surface area contributed by atoms with Gasteiger partial charge in [-0.2, -0.15) is 0 Å². The molecule has 0 bridgehead atoms. The van der Waals surface area contributed by atoms with Crippen molar-refractivity contribution in [2.24, 2.45) is 0 Å². The summed E-state index contributed by atoms with van der Waals surface area (Å²) in [5.41, 5.74) is 1.19. The standard InChI is InChI=1S/C13H18O2/c1-4-10-15-12-8-6-11(7-9-12)13(5-2)14-3/h4,6-9,13H,1,5,10H2,2-3H3. The van der Waals surface area contributed by atoms with Gasteiger partial charge in [0.2, 0.25) is 0 Å². The molecule has 1 aromatic carbocycles. The fraction of sp³-hybridized carbons (Fsp3) is 0.385. The molecule has 0 aromatic heterocycles. The van der Waals surface area contributed by atoms with Crippen LogP contribution in [0, 0.1) is 0 Å². The topological polar surface area (TPSA) is 18.5 Å². The number of ether oxygens (including phenoxy) is 2. The maximum Gasteiger partial charge on any atom is 0.119 e. The molecule has 0 N–H and O–H groups in total. The Hall–Kier alpha value is -1.28. The summed E-state index contributed by atoms with van der Waals surface area (Å²) in [6.45, 7) is 6.25. The Kier molecular flexibility index (Phi) is 4.91. The molecule has 1 aromatic rings. The van der Waals surface area contributed by atoms with Crippen molar-refractivity contribution in [3.05, 3.63) is 42.5 Å². The molecule has 0 aliphatic heterocycles. The largest absolute Gasteiger partial charge is 0.490 e. The van der Waals surface area contributed by atoms with Gasteiger partial charge in [-0.3, -0.25) is 0 Å². The summed E-state index contributed by atoms with van der Waals surface area (Å²) >= 11 is 0. The lowest BCUT2D eigenvalue weighted by molar-refractivity contribution is 0.1000. The van der Waals surface area contributed by atoms with Crippen LogP contribution in [0.15, 0.2) is 36.9 Å².